The SMILES string of the molecule is COCc1ccc(CC2CCN(C(=O)COCc3ccccc3)CC2)cc1. The lowest BCUT2D eigenvalue weighted by Gasteiger charge is -2.32. The Morgan fingerprint density at radius 3 is 2.22 bits per heavy atom. The molecule has 0 spiro atoms. The Bertz CT molecular complexity index is 691. The topological polar surface area (TPSA) is 38.8 Å². The number of benzene rings is 2. The van der Waals surface area contributed by atoms with E-state index in [0.717, 1.165) is 37.9 Å². The molecule has 1 saturated heterocycles. The molecule has 0 bridgehead atoms. The van der Waals surface area contributed by atoms with Crippen molar-refractivity contribution in [2.24, 2.45) is 5.92 Å². The van der Waals surface area contributed by atoms with E-state index >= 15 is 0 Å². The summed E-state index contributed by atoms with van der Waals surface area (Å²) in [5, 5.41) is 0. The molecule has 1 aliphatic heterocycles. The normalized spacial score (nSPS) is 15.1. The van der Waals surface area contributed by atoms with E-state index in [9.17, 15) is 4.79 Å². The van der Waals surface area contributed by atoms with Gasteiger partial charge in [0, 0.05) is 20.2 Å². The van der Waals surface area contributed by atoms with Gasteiger partial charge in [0.2, 0.25) is 5.91 Å². The number of carbonyl (C=O) groups is 1. The highest BCUT2D eigenvalue weighted by Gasteiger charge is 2.22. The molecule has 1 heterocycles. The fraction of sp³-hybridized carbons (Fsp3) is 0.435. The highest BCUT2D eigenvalue weighted by molar-refractivity contribution is 5.77. The van der Waals surface area contributed by atoms with E-state index in [1.165, 1.54) is 11.1 Å². The van der Waals surface area contributed by atoms with Gasteiger partial charge in [-0.15, -0.1) is 0 Å². The molecule has 1 amide bonds. The summed E-state index contributed by atoms with van der Waals surface area (Å²) in [6.07, 6.45) is 3.20. The van der Waals surface area contributed by atoms with Crippen molar-refractivity contribution in [2.45, 2.75) is 32.5 Å². The summed E-state index contributed by atoms with van der Waals surface area (Å²) in [7, 11) is 1.72. The standard InChI is InChI=1S/C23H29NO3/c1-26-16-22-9-7-19(8-10-22)15-20-11-13-24(14-12-20)23(25)18-27-17-21-5-3-2-4-6-21/h2-10,20H,11-18H2,1H3. The molecule has 0 atom stereocenters. The largest absolute Gasteiger partial charge is 0.380 e. The predicted molar refractivity (Wildman–Crippen MR) is 106 cm³/mol. The van der Waals surface area contributed by atoms with Gasteiger partial charge in [-0.05, 0) is 41.9 Å². The molecule has 27 heavy (non-hydrogen) atoms. The van der Waals surface area contributed by atoms with Gasteiger partial charge in [0.15, 0.2) is 0 Å². The van der Waals surface area contributed by atoms with Crippen LogP contribution in [0.3, 0.4) is 0 Å². The Hall–Kier alpha value is -2.17. The molecule has 2 aromatic carbocycles. The van der Waals surface area contributed by atoms with Gasteiger partial charge in [0.05, 0.1) is 13.2 Å². The minimum atomic E-state index is 0.105. The Morgan fingerprint density at radius 2 is 1.56 bits per heavy atom. The molecule has 3 rings (SSSR count). The molecule has 0 saturated carbocycles. The molecule has 0 unspecified atom stereocenters. The Balaban J connectivity index is 1.37. The summed E-state index contributed by atoms with van der Waals surface area (Å²) in [6, 6.07) is 18.6. The second-order valence-electron chi connectivity index (χ2n) is 7.26. The van der Waals surface area contributed by atoms with Gasteiger partial charge in [0.25, 0.3) is 0 Å². The van der Waals surface area contributed by atoms with E-state index in [0.29, 0.717) is 19.1 Å². The summed E-state index contributed by atoms with van der Waals surface area (Å²) >= 11 is 0. The van der Waals surface area contributed by atoms with Crippen LogP contribution >= 0.6 is 0 Å². The van der Waals surface area contributed by atoms with Crippen molar-refractivity contribution in [3.63, 3.8) is 0 Å². The zero-order valence-electron chi connectivity index (χ0n) is 16.1. The number of carbonyl (C=O) groups excluding carboxylic acids is 1. The number of piperidine rings is 1. The third kappa shape index (κ3) is 6.19. The van der Waals surface area contributed by atoms with E-state index in [1.54, 1.807) is 7.11 Å². The van der Waals surface area contributed by atoms with Crippen molar-refractivity contribution < 1.29 is 14.3 Å². The van der Waals surface area contributed by atoms with E-state index in [2.05, 4.69) is 24.3 Å². The summed E-state index contributed by atoms with van der Waals surface area (Å²) in [6.45, 7) is 2.98. The van der Waals surface area contributed by atoms with Crippen molar-refractivity contribution in [3.05, 3.63) is 71.3 Å². The van der Waals surface area contributed by atoms with Gasteiger partial charge in [0.1, 0.15) is 6.61 Å². The second kappa shape index (κ2) is 10.2. The van der Waals surface area contributed by atoms with Crippen molar-refractivity contribution >= 4 is 5.91 Å². The minimum absolute atomic E-state index is 0.105. The maximum atomic E-state index is 12.3. The molecule has 2 aromatic rings. The number of nitrogens with zero attached hydrogens (tertiary/aromatic N) is 1. The fourth-order valence-electron chi connectivity index (χ4n) is 3.58. The number of amides is 1. The van der Waals surface area contributed by atoms with Gasteiger partial charge in [-0.2, -0.15) is 0 Å². The van der Waals surface area contributed by atoms with Crippen LogP contribution < -0.4 is 0 Å². The second-order valence-corrected chi connectivity index (χ2v) is 7.26. The van der Waals surface area contributed by atoms with E-state index in [4.69, 9.17) is 9.47 Å². The molecule has 1 aliphatic rings. The molecule has 4 nitrogen and oxygen atoms in total. The van der Waals surface area contributed by atoms with Gasteiger partial charge < -0.3 is 14.4 Å². The third-order valence-corrected chi connectivity index (χ3v) is 5.16. The molecule has 0 aromatic heterocycles. The van der Waals surface area contributed by atoms with Crippen molar-refractivity contribution in [2.75, 3.05) is 26.8 Å². The number of ether oxygens (including phenoxy) is 2. The summed E-state index contributed by atoms with van der Waals surface area (Å²) in [5.41, 5.74) is 3.67. The lowest BCUT2D eigenvalue weighted by Crippen LogP contribution is -2.40. The maximum absolute atomic E-state index is 12.3. The smallest absolute Gasteiger partial charge is 0.248 e. The number of rotatable bonds is 8. The first-order valence-electron chi connectivity index (χ1n) is 9.71. The molecule has 4 heteroatoms. The van der Waals surface area contributed by atoms with Crippen LogP contribution in [0.4, 0.5) is 0 Å². The Morgan fingerprint density at radius 1 is 0.926 bits per heavy atom. The molecule has 0 radical (unpaired) electrons. The highest BCUT2D eigenvalue weighted by Crippen LogP contribution is 2.22. The number of hydrogen-bond acceptors (Lipinski definition) is 3. The zero-order chi connectivity index (χ0) is 18.9. The first-order chi connectivity index (χ1) is 13.2. The van der Waals surface area contributed by atoms with Gasteiger partial charge >= 0.3 is 0 Å². The number of methoxy groups -OCH3 is 1. The summed E-state index contributed by atoms with van der Waals surface area (Å²) in [5.74, 6) is 0.751. The van der Waals surface area contributed by atoms with Crippen LogP contribution in [0.5, 0.6) is 0 Å². The van der Waals surface area contributed by atoms with Crippen LogP contribution in [-0.2, 0) is 33.9 Å². The van der Waals surface area contributed by atoms with E-state index in [-0.39, 0.29) is 12.5 Å². The number of hydrogen-bond donors (Lipinski definition) is 0. The van der Waals surface area contributed by atoms with Gasteiger partial charge in [-0.3, -0.25) is 4.79 Å². The summed E-state index contributed by atoms with van der Waals surface area (Å²) in [4.78, 5) is 14.3. The average Bonchev–Trinajstić information content (AvgIpc) is 2.71. The van der Waals surface area contributed by atoms with Crippen LogP contribution in [0.15, 0.2) is 54.6 Å². The maximum Gasteiger partial charge on any atom is 0.248 e. The third-order valence-electron chi connectivity index (χ3n) is 5.16. The minimum Gasteiger partial charge on any atom is -0.380 e. The number of likely N-dealkylation sites (tertiary alicyclic amines) is 1. The first kappa shape index (κ1) is 19.6. The molecule has 0 N–H and O–H groups in total. The molecular formula is C23H29NO3. The average molecular weight is 367 g/mol. The highest BCUT2D eigenvalue weighted by atomic mass is 16.5. The molecular weight excluding hydrogens is 338 g/mol. The quantitative estimate of drug-likeness (QED) is 0.712. The lowest BCUT2D eigenvalue weighted by molar-refractivity contribution is -0.138. The Kier molecular flexibility index (Phi) is 7.43. The van der Waals surface area contributed by atoms with Crippen LogP contribution in [0.25, 0.3) is 0 Å². The van der Waals surface area contributed by atoms with Gasteiger partial charge in [-0.1, -0.05) is 54.6 Å². The van der Waals surface area contributed by atoms with Crippen molar-refractivity contribution in [1.29, 1.82) is 0 Å². The zero-order valence-corrected chi connectivity index (χ0v) is 16.1. The van der Waals surface area contributed by atoms with E-state index < -0.39 is 0 Å². The first-order valence-corrected chi connectivity index (χ1v) is 9.71. The fourth-order valence-corrected chi connectivity index (χ4v) is 3.58. The van der Waals surface area contributed by atoms with Gasteiger partial charge in [-0.25, -0.2) is 0 Å². The van der Waals surface area contributed by atoms with Crippen LogP contribution in [0.1, 0.15) is 29.5 Å². The van der Waals surface area contributed by atoms with Crippen molar-refractivity contribution in [3.8, 4) is 0 Å². The molecule has 1 fully saturated rings. The Labute approximate surface area is 162 Å². The molecule has 0 aliphatic carbocycles. The molecule has 144 valence electrons. The van der Waals surface area contributed by atoms with Crippen molar-refractivity contribution in [1.82, 2.24) is 4.90 Å². The predicted octanol–water partition coefficient (Wildman–Crippen LogP) is 3.83. The van der Waals surface area contributed by atoms with E-state index in [1.807, 2.05) is 35.2 Å². The van der Waals surface area contributed by atoms with Crippen LogP contribution in [0.2, 0.25) is 0 Å². The van der Waals surface area contributed by atoms with Crippen LogP contribution in [0, 0.1) is 5.92 Å². The monoisotopic (exact) mass is 367 g/mol. The van der Waals surface area contributed by atoms with Crippen LogP contribution in [-0.4, -0.2) is 37.6 Å². The lowest BCUT2D eigenvalue weighted by atomic mass is 9.90. The summed E-state index contributed by atoms with van der Waals surface area (Å²) < 4.78 is 10.7.